The van der Waals surface area contributed by atoms with Gasteiger partial charge in [-0.05, 0) is 6.92 Å². The largest absolute Gasteiger partial charge is 0.257 e. The van der Waals surface area contributed by atoms with Gasteiger partial charge in [-0.1, -0.05) is 0 Å². The molecule has 0 fully saturated rings. The van der Waals surface area contributed by atoms with E-state index in [4.69, 9.17) is 0 Å². The van der Waals surface area contributed by atoms with Crippen LogP contribution in [-0.2, 0) is 0 Å². The molecule has 6 heteroatoms. The average Bonchev–Trinajstić information content (AvgIpc) is 2.55. The quantitative estimate of drug-likeness (QED) is 0.584. The number of hydrogen-bond donors (Lipinski definition) is 1. The molecule has 6 nitrogen and oxygen atoms in total. The van der Waals surface area contributed by atoms with Crippen molar-refractivity contribution >= 4 is 11.7 Å². The monoisotopic (exact) mass is 149 g/mol. The third-order valence-corrected chi connectivity index (χ3v) is 1.18. The van der Waals surface area contributed by atoms with Crippen LogP contribution in [0.2, 0.25) is 0 Å². The first kappa shape index (κ1) is 6.02. The summed E-state index contributed by atoms with van der Waals surface area (Å²) in [5, 5.41) is 17.8. The summed E-state index contributed by atoms with van der Waals surface area (Å²) in [5.74, 6) is 1.67. The lowest BCUT2D eigenvalue weighted by molar-refractivity contribution is 1.07. The smallest absolute Gasteiger partial charge is 0.220 e. The molecule has 0 saturated heterocycles. The zero-order chi connectivity index (χ0) is 7.68. The summed E-state index contributed by atoms with van der Waals surface area (Å²) in [5.41, 5.74) is 0. The van der Waals surface area contributed by atoms with E-state index < -0.39 is 0 Å². The predicted molar refractivity (Wildman–Crippen MR) is 38.2 cm³/mol. The Labute approximate surface area is 62.4 Å². The molecule has 0 amide bonds. The summed E-state index contributed by atoms with van der Waals surface area (Å²) in [4.78, 5) is 3.87. The van der Waals surface area contributed by atoms with Crippen LogP contribution in [0.5, 0.6) is 0 Å². The number of rotatable bonds is 1. The summed E-state index contributed by atoms with van der Waals surface area (Å²) < 4.78 is 0. The second-order valence-electron chi connectivity index (χ2n) is 2.02. The van der Waals surface area contributed by atoms with Crippen molar-refractivity contribution in [3.63, 3.8) is 0 Å². The van der Waals surface area contributed by atoms with Gasteiger partial charge < -0.3 is 0 Å². The van der Waals surface area contributed by atoms with Crippen LogP contribution in [0.25, 0.3) is 0 Å². The molecule has 55 valence electrons. The van der Waals surface area contributed by atoms with Gasteiger partial charge in [-0.25, -0.2) is 10.3 Å². The van der Waals surface area contributed by atoms with Crippen LogP contribution in [0.4, 0.5) is 0 Å². The Bertz CT molecular complexity index is 308. The van der Waals surface area contributed by atoms with Crippen molar-refractivity contribution in [3.05, 3.63) is 12.2 Å². The molecule has 0 aliphatic carbocycles. The van der Waals surface area contributed by atoms with E-state index >= 15 is 0 Å². The fourth-order valence-electron chi connectivity index (χ4n) is 0.731. The molecule has 0 bridgehead atoms. The fraction of sp³-hybridized carbons (Fsp3) is 0.200. The summed E-state index contributed by atoms with van der Waals surface area (Å²) in [6, 6.07) is 0. The molecule has 0 spiro atoms. The lowest BCUT2D eigenvalue weighted by Crippen LogP contribution is -2.17. The Morgan fingerprint density at radius 1 is 1.36 bits per heavy atom. The van der Waals surface area contributed by atoms with E-state index in [1.807, 2.05) is 0 Å². The van der Waals surface area contributed by atoms with Crippen molar-refractivity contribution in [2.75, 3.05) is 0 Å². The summed E-state index contributed by atoms with van der Waals surface area (Å²) >= 11 is 0. The number of aromatic nitrogens is 3. The number of nitrogens with zero attached hydrogens (tertiary/aromatic N) is 5. The second kappa shape index (κ2) is 2.15. The zero-order valence-electron chi connectivity index (χ0n) is 5.81. The van der Waals surface area contributed by atoms with E-state index in [0.717, 1.165) is 0 Å². The van der Waals surface area contributed by atoms with Crippen LogP contribution in [0.3, 0.4) is 0 Å². The number of amidine groups is 2. The molecule has 0 atom stereocenters. The zero-order valence-corrected chi connectivity index (χ0v) is 5.81. The van der Waals surface area contributed by atoms with Gasteiger partial charge in [0, 0.05) is 0 Å². The highest BCUT2D eigenvalue weighted by atomic mass is 15.4. The third kappa shape index (κ3) is 0.977. The van der Waals surface area contributed by atoms with E-state index in [1.165, 1.54) is 6.33 Å². The highest BCUT2D eigenvalue weighted by molar-refractivity contribution is 6.08. The Kier molecular flexibility index (Phi) is 1.18. The maximum absolute atomic E-state index is 4.00. The maximum Gasteiger partial charge on any atom is 0.220 e. The Morgan fingerprint density at radius 2 is 2.27 bits per heavy atom. The number of H-pyrrole nitrogens is 1. The Balaban J connectivity index is 2.23. The van der Waals surface area contributed by atoms with Gasteiger partial charge in [0.05, 0.1) is 0 Å². The molecule has 1 N–H and O–H groups in total. The molecular formula is C5H5N6. The molecule has 0 saturated carbocycles. The van der Waals surface area contributed by atoms with Crippen molar-refractivity contribution in [2.24, 2.45) is 10.2 Å². The molecule has 2 heterocycles. The molecule has 0 aromatic carbocycles. The first-order chi connectivity index (χ1) is 5.36. The van der Waals surface area contributed by atoms with Crippen molar-refractivity contribution in [2.45, 2.75) is 6.92 Å². The van der Waals surface area contributed by atoms with E-state index in [0.29, 0.717) is 17.5 Å². The van der Waals surface area contributed by atoms with E-state index in [-0.39, 0.29) is 0 Å². The number of aromatic amines is 1. The predicted octanol–water partition coefficient (Wildman–Crippen LogP) is -0.497. The van der Waals surface area contributed by atoms with Gasteiger partial charge in [-0.15, -0.1) is 10.2 Å². The minimum Gasteiger partial charge on any atom is -0.257 e. The molecule has 1 radical (unpaired) electrons. The van der Waals surface area contributed by atoms with Gasteiger partial charge in [-0.3, -0.25) is 5.10 Å². The standard InChI is InChI=1S/C5H5N6/c1-3-8-5(11-9-3)4-6-2-7-10-4/h2H,1H3,(H,6,7,10). The van der Waals surface area contributed by atoms with Crippen LogP contribution in [0.1, 0.15) is 12.7 Å². The molecular weight excluding hydrogens is 144 g/mol. The lowest BCUT2D eigenvalue weighted by atomic mass is 10.5. The molecule has 1 aliphatic rings. The Morgan fingerprint density at radius 3 is 2.82 bits per heavy atom. The average molecular weight is 149 g/mol. The van der Waals surface area contributed by atoms with E-state index in [1.54, 1.807) is 6.92 Å². The van der Waals surface area contributed by atoms with E-state index in [9.17, 15) is 0 Å². The van der Waals surface area contributed by atoms with Gasteiger partial charge in [0.15, 0.2) is 11.7 Å². The maximum atomic E-state index is 4.00. The van der Waals surface area contributed by atoms with Crippen molar-refractivity contribution in [1.29, 1.82) is 0 Å². The first-order valence-electron chi connectivity index (χ1n) is 3.06. The normalized spacial score (nSPS) is 15.7. The molecule has 0 unspecified atom stereocenters. The molecule has 2 rings (SSSR count). The SMILES string of the molecule is CC1=NN=C(c2ncn[nH]2)[N]1. The van der Waals surface area contributed by atoms with Gasteiger partial charge >= 0.3 is 0 Å². The van der Waals surface area contributed by atoms with Crippen LogP contribution in [0.15, 0.2) is 16.5 Å². The van der Waals surface area contributed by atoms with Gasteiger partial charge in [0.2, 0.25) is 5.84 Å². The van der Waals surface area contributed by atoms with Gasteiger partial charge in [-0.2, -0.15) is 5.10 Å². The van der Waals surface area contributed by atoms with Gasteiger partial charge in [0.1, 0.15) is 6.33 Å². The minimum absolute atomic E-state index is 0.486. The number of hydrogen-bond acceptors (Lipinski definition) is 4. The topological polar surface area (TPSA) is 80.4 Å². The molecule has 1 aromatic rings. The van der Waals surface area contributed by atoms with Crippen molar-refractivity contribution in [3.8, 4) is 0 Å². The van der Waals surface area contributed by atoms with E-state index in [2.05, 4.69) is 30.7 Å². The van der Waals surface area contributed by atoms with Crippen molar-refractivity contribution in [1.82, 2.24) is 20.5 Å². The molecule has 1 aromatic heterocycles. The fourth-order valence-corrected chi connectivity index (χ4v) is 0.731. The summed E-state index contributed by atoms with van der Waals surface area (Å²) in [6.07, 6.45) is 1.40. The van der Waals surface area contributed by atoms with Crippen molar-refractivity contribution < 1.29 is 0 Å². The molecule has 11 heavy (non-hydrogen) atoms. The summed E-state index contributed by atoms with van der Waals surface area (Å²) in [7, 11) is 0. The lowest BCUT2D eigenvalue weighted by Gasteiger charge is -1.90. The molecule has 1 aliphatic heterocycles. The Hall–Kier alpha value is -1.72. The highest BCUT2D eigenvalue weighted by Gasteiger charge is 2.13. The van der Waals surface area contributed by atoms with Crippen LogP contribution >= 0.6 is 0 Å². The highest BCUT2D eigenvalue weighted by Crippen LogP contribution is 1.97. The third-order valence-electron chi connectivity index (χ3n) is 1.18. The van der Waals surface area contributed by atoms with Gasteiger partial charge in [0.25, 0.3) is 0 Å². The first-order valence-corrected chi connectivity index (χ1v) is 3.06. The number of nitrogens with one attached hydrogen (secondary N) is 1. The van der Waals surface area contributed by atoms with Crippen LogP contribution < -0.4 is 5.32 Å². The van der Waals surface area contributed by atoms with Crippen LogP contribution in [0, 0.1) is 0 Å². The summed E-state index contributed by atoms with van der Waals surface area (Å²) in [6.45, 7) is 1.77. The minimum atomic E-state index is 0.486. The second-order valence-corrected chi connectivity index (χ2v) is 2.02. The van der Waals surface area contributed by atoms with Crippen LogP contribution in [-0.4, -0.2) is 26.9 Å².